The Kier molecular flexibility index (Phi) is 6.77. The molecule has 4 unspecified atom stereocenters. The summed E-state index contributed by atoms with van der Waals surface area (Å²) in [6, 6.07) is 0. The van der Waals surface area contributed by atoms with Crippen molar-refractivity contribution in [2.75, 3.05) is 19.0 Å². The van der Waals surface area contributed by atoms with E-state index in [0.29, 0.717) is 37.6 Å². The molecule has 2 rings (SSSR count). The van der Waals surface area contributed by atoms with Crippen LogP contribution in [0.5, 0.6) is 0 Å². The van der Waals surface area contributed by atoms with Gasteiger partial charge in [0, 0.05) is 38.2 Å². The van der Waals surface area contributed by atoms with Gasteiger partial charge in [0.15, 0.2) is 5.60 Å². The van der Waals surface area contributed by atoms with E-state index in [1.807, 2.05) is 39.0 Å². The zero-order valence-corrected chi connectivity index (χ0v) is 16.9. The third kappa shape index (κ3) is 4.13. The Morgan fingerprint density at radius 3 is 2.68 bits per heavy atom. The van der Waals surface area contributed by atoms with Crippen LogP contribution in [-0.2, 0) is 23.1 Å². The number of hydrogen-bond acceptors (Lipinski definition) is 5. The second kappa shape index (κ2) is 8.26. The summed E-state index contributed by atoms with van der Waals surface area (Å²) < 4.78 is 32.4. The van der Waals surface area contributed by atoms with E-state index in [2.05, 4.69) is 0 Å². The Bertz CT molecular complexity index is 604. The summed E-state index contributed by atoms with van der Waals surface area (Å²) in [7, 11) is -3.58. The van der Waals surface area contributed by atoms with Crippen LogP contribution >= 0.6 is 19.3 Å². The van der Waals surface area contributed by atoms with Crippen LogP contribution in [0.3, 0.4) is 0 Å². The van der Waals surface area contributed by atoms with E-state index < -0.39 is 19.3 Å². The van der Waals surface area contributed by atoms with Crippen molar-refractivity contribution in [3.05, 3.63) is 24.0 Å². The normalized spacial score (nSPS) is 27.9. The second-order valence-corrected chi connectivity index (χ2v) is 8.54. The van der Waals surface area contributed by atoms with E-state index in [4.69, 9.17) is 25.4 Å². The van der Waals surface area contributed by atoms with Gasteiger partial charge in [-0.2, -0.15) is 4.67 Å². The first kappa shape index (κ1) is 20.5. The molecule has 0 radical (unpaired) electrons. The van der Waals surface area contributed by atoms with Crippen molar-refractivity contribution in [1.29, 1.82) is 0 Å². The number of fused-ring (bicyclic) bond motifs is 1. The van der Waals surface area contributed by atoms with Crippen molar-refractivity contribution in [2.24, 2.45) is 5.92 Å². The molecule has 8 heteroatoms. The predicted octanol–water partition coefficient (Wildman–Crippen LogP) is 4.26. The maximum Gasteiger partial charge on any atom is 0.461 e. The number of hydrogen-bond donors (Lipinski definition) is 0. The maximum atomic E-state index is 13.5. The summed E-state index contributed by atoms with van der Waals surface area (Å²) in [5, 5.41) is 0. The van der Waals surface area contributed by atoms with Gasteiger partial charge in [-0.3, -0.25) is 9.32 Å². The molecule has 2 aliphatic rings. The molecule has 0 aromatic heterocycles. The molecule has 0 N–H and O–H groups in total. The zero-order valence-electron chi connectivity index (χ0n) is 15.2. The molecule has 0 bridgehead atoms. The van der Waals surface area contributed by atoms with Crippen LogP contribution in [0.1, 0.15) is 40.5 Å². The molecule has 4 atom stereocenters. The highest BCUT2D eigenvalue weighted by Crippen LogP contribution is 2.60. The first-order valence-electron chi connectivity index (χ1n) is 8.69. The van der Waals surface area contributed by atoms with Crippen LogP contribution in [0, 0.1) is 5.92 Å². The van der Waals surface area contributed by atoms with Crippen molar-refractivity contribution in [2.45, 2.75) is 52.2 Å². The lowest BCUT2D eigenvalue weighted by Gasteiger charge is -2.44. The number of carbonyl (C=O) groups excluding carboxylic acids is 1. The molecule has 142 valence electrons. The van der Waals surface area contributed by atoms with Crippen LogP contribution in [0.2, 0.25) is 0 Å². The van der Waals surface area contributed by atoms with Gasteiger partial charge in [0.05, 0.1) is 6.10 Å². The number of ether oxygens (including phenoxy) is 1. The summed E-state index contributed by atoms with van der Waals surface area (Å²) >= 11 is 5.77. The Morgan fingerprint density at radius 2 is 2.16 bits per heavy atom. The molecule has 0 aromatic carbocycles. The molecule has 0 aliphatic heterocycles. The quantitative estimate of drug-likeness (QED) is 0.240. The van der Waals surface area contributed by atoms with Gasteiger partial charge in [-0.1, -0.05) is 26.0 Å². The standard InChI is InChI=1S/C17H27ClNO5P/c1-5-19(6-2)25(21,23-13(3)9-11-18)24-16-12-15-8-7-10-17(15,16)22-14(4)20/h7-8,12-13,15H,5-6,9-11H2,1-4H3. The van der Waals surface area contributed by atoms with Crippen molar-refractivity contribution in [3.63, 3.8) is 0 Å². The Hall–Kier alpha value is -0.810. The van der Waals surface area contributed by atoms with Crippen LogP contribution < -0.4 is 0 Å². The SMILES string of the molecule is CCN(CC)P(=O)(OC1=CC2C=CCC12OC(C)=O)OC(C)CCCl. The van der Waals surface area contributed by atoms with Gasteiger partial charge in [-0.15, -0.1) is 11.6 Å². The van der Waals surface area contributed by atoms with Gasteiger partial charge in [0.1, 0.15) is 5.76 Å². The minimum absolute atomic E-state index is 0.0446. The lowest BCUT2D eigenvalue weighted by atomic mass is 9.77. The minimum atomic E-state index is -3.58. The van der Waals surface area contributed by atoms with Gasteiger partial charge in [0.25, 0.3) is 0 Å². The molecule has 6 nitrogen and oxygen atoms in total. The van der Waals surface area contributed by atoms with Crippen molar-refractivity contribution in [1.82, 2.24) is 4.67 Å². The Labute approximate surface area is 154 Å². The van der Waals surface area contributed by atoms with Crippen molar-refractivity contribution >= 4 is 25.3 Å². The van der Waals surface area contributed by atoms with E-state index in [0.717, 1.165) is 0 Å². The molecular weight excluding hydrogens is 365 g/mol. The average Bonchev–Trinajstić information content (AvgIpc) is 2.83. The lowest BCUT2D eigenvalue weighted by molar-refractivity contribution is -0.160. The third-order valence-corrected chi connectivity index (χ3v) is 7.03. The summed E-state index contributed by atoms with van der Waals surface area (Å²) in [6.07, 6.45) is 6.51. The lowest BCUT2D eigenvalue weighted by Crippen LogP contribution is -2.47. The molecule has 0 saturated carbocycles. The highest BCUT2D eigenvalue weighted by Gasteiger charge is 2.56. The van der Waals surface area contributed by atoms with Crippen LogP contribution in [0.15, 0.2) is 24.0 Å². The van der Waals surface area contributed by atoms with Crippen molar-refractivity contribution in [3.8, 4) is 0 Å². The van der Waals surface area contributed by atoms with Crippen LogP contribution in [0.25, 0.3) is 0 Å². The second-order valence-electron chi connectivity index (χ2n) is 6.26. The largest absolute Gasteiger partial charge is 0.461 e. The molecule has 0 amide bonds. The maximum absolute atomic E-state index is 13.5. The van der Waals surface area contributed by atoms with E-state index in [-0.39, 0.29) is 12.0 Å². The fraction of sp³-hybridized carbons (Fsp3) is 0.706. The van der Waals surface area contributed by atoms with Gasteiger partial charge < -0.3 is 9.26 Å². The van der Waals surface area contributed by atoms with Gasteiger partial charge in [-0.25, -0.2) is 4.57 Å². The molecule has 2 aliphatic carbocycles. The fourth-order valence-electron chi connectivity index (χ4n) is 3.14. The topological polar surface area (TPSA) is 65.1 Å². The summed E-state index contributed by atoms with van der Waals surface area (Å²) in [5.41, 5.74) is -0.881. The first-order valence-corrected chi connectivity index (χ1v) is 10.7. The molecule has 25 heavy (non-hydrogen) atoms. The monoisotopic (exact) mass is 391 g/mol. The molecule has 0 saturated heterocycles. The zero-order chi connectivity index (χ0) is 18.7. The van der Waals surface area contributed by atoms with E-state index in [1.54, 1.807) is 4.67 Å². The van der Waals surface area contributed by atoms with Crippen LogP contribution in [-0.4, -0.2) is 41.3 Å². The fourth-order valence-corrected chi connectivity index (χ4v) is 5.46. The van der Waals surface area contributed by atoms with Crippen LogP contribution in [0.4, 0.5) is 0 Å². The van der Waals surface area contributed by atoms with E-state index in [1.165, 1.54) is 6.92 Å². The number of alkyl halides is 1. The number of carbonyl (C=O) groups is 1. The number of nitrogens with zero attached hydrogens (tertiary/aromatic N) is 1. The third-order valence-electron chi connectivity index (χ3n) is 4.50. The van der Waals surface area contributed by atoms with E-state index >= 15 is 0 Å². The smallest absolute Gasteiger partial charge is 0.450 e. The van der Waals surface area contributed by atoms with Gasteiger partial charge >= 0.3 is 13.7 Å². The number of rotatable bonds is 10. The first-order chi connectivity index (χ1) is 11.8. The Morgan fingerprint density at radius 1 is 1.48 bits per heavy atom. The molecule has 0 fully saturated rings. The molecular formula is C17H27ClNO5P. The summed E-state index contributed by atoms with van der Waals surface area (Å²) in [6.45, 7) is 7.99. The Balaban J connectivity index is 2.23. The minimum Gasteiger partial charge on any atom is -0.450 e. The van der Waals surface area contributed by atoms with Gasteiger partial charge in [0.2, 0.25) is 0 Å². The number of esters is 1. The van der Waals surface area contributed by atoms with E-state index in [9.17, 15) is 9.36 Å². The molecule has 0 spiro atoms. The molecule has 0 heterocycles. The van der Waals surface area contributed by atoms with Gasteiger partial charge in [-0.05, 0) is 19.4 Å². The summed E-state index contributed by atoms with van der Waals surface area (Å²) in [5.74, 6) is 0.380. The highest BCUT2D eigenvalue weighted by atomic mass is 35.5. The predicted molar refractivity (Wildman–Crippen MR) is 97.3 cm³/mol. The summed E-state index contributed by atoms with van der Waals surface area (Å²) in [4.78, 5) is 11.5. The average molecular weight is 392 g/mol. The molecule has 0 aromatic rings. The van der Waals surface area contributed by atoms with Crippen molar-refractivity contribution < 1.29 is 23.1 Å². The highest BCUT2D eigenvalue weighted by molar-refractivity contribution is 7.51. The number of halogens is 1.